The van der Waals surface area contributed by atoms with Gasteiger partial charge >= 0.3 is 18.0 Å². The number of hydrogen-bond acceptors (Lipinski definition) is 6. The number of nitrogens with one attached hydrogen (secondary N) is 1. The molecule has 9 nitrogen and oxygen atoms in total. The van der Waals surface area contributed by atoms with Crippen molar-refractivity contribution in [1.82, 2.24) is 34.7 Å². The minimum absolute atomic E-state index is 0.176. The van der Waals surface area contributed by atoms with Crippen molar-refractivity contribution >= 4 is 11.4 Å². The largest absolute Gasteiger partial charge is 0.433 e. The van der Waals surface area contributed by atoms with Crippen molar-refractivity contribution in [3.63, 3.8) is 0 Å². The second kappa shape index (κ2) is 7.12. The summed E-state index contributed by atoms with van der Waals surface area (Å²) in [5.41, 5.74) is -1.34. The normalized spacial score (nSPS) is 16.9. The molecule has 5 heterocycles. The highest BCUT2D eigenvalue weighted by molar-refractivity contribution is 5.90. The van der Waals surface area contributed by atoms with Gasteiger partial charge in [-0.3, -0.25) is 4.79 Å². The molecule has 0 aliphatic carbocycles. The van der Waals surface area contributed by atoms with E-state index >= 15 is 0 Å². The van der Waals surface area contributed by atoms with Crippen molar-refractivity contribution in [2.24, 2.45) is 0 Å². The monoisotopic (exact) mass is 463 g/mol. The van der Waals surface area contributed by atoms with Crippen LogP contribution in [0, 0.1) is 0 Å². The average molecular weight is 463 g/mol. The molecule has 0 spiro atoms. The van der Waals surface area contributed by atoms with Crippen LogP contribution in [-0.4, -0.2) is 47.1 Å². The Hall–Kier alpha value is -3.77. The molecule has 0 bridgehead atoms. The molecule has 0 radical (unpaired) electrons. The number of halogens is 4. The van der Waals surface area contributed by atoms with Gasteiger partial charge in [-0.05, 0) is 32.0 Å². The molecule has 0 saturated carbocycles. The Bertz CT molecular complexity index is 1350. The number of carbonyl (C=O) groups is 1. The molecular formula is C20H17F4N7O2. The molecule has 1 N–H and O–H groups in total. The van der Waals surface area contributed by atoms with Crippen LogP contribution in [0.25, 0.3) is 5.52 Å². The molecule has 33 heavy (non-hydrogen) atoms. The van der Waals surface area contributed by atoms with E-state index in [0.29, 0.717) is 12.1 Å². The number of nitrogens with zero attached hydrogens (tertiary/aromatic N) is 6. The fourth-order valence-corrected chi connectivity index (χ4v) is 3.85. The standard InChI is InChI=1S/C20H17F4N7O2/c1-19(2,21)18-28-27-16(33-18)17(32)30-7-6-11-14(26-9-25-11)15(30)12-8-10-4-3-5-13(20(22,23)24)31(10)29-12/h3-5,8-9,15H,6-7H2,1-2H3,(H,25,26)/t15-/m1/s1. The SMILES string of the molecule is CC(C)(F)c1nnc(C(=O)N2CCc3[nH]cnc3[C@H]2c2cc3cccc(C(F)(F)F)n3n2)o1. The van der Waals surface area contributed by atoms with E-state index in [1.807, 2.05) is 0 Å². The van der Waals surface area contributed by atoms with E-state index < -0.39 is 35.4 Å². The zero-order chi connectivity index (χ0) is 23.5. The molecule has 1 atom stereocenters. The predicted molar refractivity (Wildman–Crippen MR) is 104 cm³/mol. The summed E-state index contributed by atoms with van der Waals surface area (Å²) in [6.07, 6.45) is -2.77. The van der Waals surface area contributed by atoms with E-state index in [-0.39, 0.29) is 23.6 Å². The fraction of sp³-hybridized carbons (Fsp3) is 0.350. The third-order valence-electron chi connectivity index (χ3n) is 5.38. The first-order valence-electron chi connectivity index (χ1n) is 9.96. The van der Waals surface area contributed by atoms with E-state index in [1.54, 1.807) is 0 Å². The van der Waals surface area contributed by atoms with E-state index in [4.69, 9.17) is 4.42 Å². The van der Waals surface area contributed by atoms with Crippen LogP contribution < -0.4 is 0 Å². The van der Waals surface area contributed by atoms with Gasteiger partial charge in [-0.2, -0.15) is 18.3 Å². The molecule has 0 aromatic carbocycles. The summed E-state index contributed by atoms with van der Waals surface area (Å²) in [5.74, 6) is -1.49. The van der Waals surface area contributed by atoms with E-state index in [0.717, 1.165) is 16.3 Å². The van der Waals surface area contributed by atoms with Crippen molar-refractivity contribution in [2.75, 3.05) is 6.54 Å². The molecule has 5 rings (SSSR count). The Balaban J connectivity index is 1.61. The van der Waals surface area contributed by atoms with Gasteiger partial charge in [0.25, 0.3) is 5.89 Å². The van der Waals surface area contributed by atoms with Gasteiger partial charge in [-0.25, -0.2) is 13.9 Å². The quantitative estimate of drug-likeness (QED) is 0.467. The molecule has 13 heteroatoms. The van der Waals surface area contributed by atoms with Crippen LogP contribution in [0.3, 0.4) is 0 Å². The first-order valence-corrected chi connectivity index (χ1v) is 9.96. The molecular weight excluding hydrogens is 446 g/mol. The highest BCUT2D eigenvalue weighted by atomic mass is 19.4. The maximum absolute atomic E-state index is 14.1. The van der Waals surface area contributed by atoms with Crippen LogP contribution in [0.2, 0.25) is 0 Å². The predicted octanol–water partition coefficient (Wildman–Crippen LogP) is 3.45. The Morgan fingerprint density at radius 1 is 1.21 bits per heavy atom. The summed E-state index contributed by atoms with van der Waals surface area (Å²) in [6, 6.07) is 4.24. The summed E-state index contributed by atoms with van der Waals surface area (Å²) >= 11 is 0. The lowest BCUT2D eigenvalue weighted by Crippen LogP contribution is -2.41. The van der Waals surface area contributed by atoms with E-state index in [9.17, 15) is 22.4 Å². The van der Waals surface area contributed by atoms with Crippen molar-refractivity contribution in [3.05, 3.63) is 65.1 Å². The highest BCUT2D eigenvalue weighted by Gasteiger charge is 2.40. The van der Waals surface area contributed by atoms with Crippen molar-refractivity contribution < 1.29 is 26.8 Å². The lowest BCUT2D eigenvalue weighted by Gasteiger charge is -2.32. The molecule has 0 unspecified atom stereocenters. The van der Waals surface area contributed by atoms with Crippen LogP contribution in [-0.2, 0) is 18.3 Å². The molecule has 1 aliphatic heterocycles. The summed E-state index contributed by atoms with van der Waals surface area (Å²) in [7, 11) is 0. The minimum Gasteiger partial charge on any atom is -0.413 e. The van der Waals surface area contributed by atoms with Crippen molar-refractivity contribution in [3.8, 4) is 0 Å². The van der Waals surface area contributed by atoms with Gasteiger partial charge in [0, 0.05) is 18.7 Å². The lowest BCUT2D eigenvalue weighted by molar-refractivity contribution is -0.142. The number of aromatic amines is 1. The van der Waals surface area contributed by atoms with Gasteiger partial charge in [-0.15, -0.1) is 10.2 Å². The number of imidazole rings is 1. The number of alkyl halides is 4. The van der Waals surface area contributed by atoms with Crippen molar-refractivity contribution in [2.45, 2.75) is 38.2 Å². The Labute approximate surface area is 183 Å². The molecule has 0 saturated heterocycles. The molecule has 1 aliphatic rings. The lowest BCUT2D eigenvalue weighted by atomic mass is 9.99. The second-order valence-corrected chi connectivity index (χ2v) is 8.12. The molecule has 4 aromatic rings. The molecule has 1 amide bonds. The van der Waals surface area contributed by atoms with E-state index in [1.165, 1.54) is 43.3 Å². The Morgan fingerprint density at radius 2 is 2.00 bits per heavy atom. The Kier molecular flexibility index (Phi) is 4.55. The zero-order valence-electron chi connectivity index (χ0n) is 17.4. The van der Waals surface area contributed by atoms with Gasteiger partial charge < -0.3 is 14.3 Å². The number of amides is 1. The number of H-pyrrole nitrogens is 1. The summed E-state index contributed by atoms with van der Waals surface area (Å²) in [4.78, 5) is 21.9. The molecule has 4 aromatic heterocycles. The maximum Gasteiger partial charge on any atom is 0.433 e. The molecule has 172 valence electrons. The second-order valence-electron chi connectivity index (χ2n) is 8.12. The van der Waals surface area contributed by atoms with Crippen LogP contribution >= 0.6 is 0 Å². The number of pyridine rings is 1. The first kappa shape index (κ1) is 21.1. The van der Waals surface area contributed by atoms with Crippen LogP contribution in [0.15, 0.2) is 35.0 Å². The molecule has 0 fully saturated rings. The summed E-state index contributed by atoms with van der Waals surface area (Å²) in [5, 5.41) is 11.4. The van der Waals surface area contributed by atoms with Gasteiger partial charge in [-0.1, -0.05) is 6.07 Å². The van der Waals surface area contributed by atoms with Crippen LogP contribution in [0.1, 0.15) is 59.2 Å². The third kappa shape index (κ3) is 3.52. The number of rotatable bonds is 3. The number of carbonyl (C=O) groups excluding carboxylic acids is 1. The van der Waals surface area contributed by atoms with Gasteiger partial charge in [0.05, 0.1) is 23.2 Å². The zero-order valence-corrected chi connectivity index (χ0v) is 17.4. The Morgan fingerprint density at radius 3 is 2.70 bits per heavy atom. The number of aromatic nitrogens is 6. The van der Waals surface area contributed by atoms with E-state index in [2.05, 4.69) is 25.3 Å². The highest BCUT2D eigenvalue weighted by Crippen LogP contribution is 2.36. The minimum atomic E-state index is -4.62. The fourth-order valence-electron chi connectivity index (χ4n) is 3.85. The summed E-state index contributed by atoms with van der Waals surface area (Å²) in [6.45, 7) is 2.60. The maximum atomic E-state index is 14.1. The van der Waals surface area contributed by atoms with Crippen molar-refractivity contribution in [1.29, 1.82) is 0 Å². The van der Waals surface area contributed by atoms with Gasteiger partial charge in [0.15, 0.2) is 5.67 Å². The van der Waals surface area contributed by atoms with Gasteiger partial charge in [0.2, 0.25) is 0 Å². The first-order chi connectivity index (χ1) is 15.5. The third-order valence-corrected chi connectivity index (χ3v) is 5.38. The smallest absolute Gasteiger partial charge is 0.413 e. The number of hydrogen-bond donors (Lipinski definition) is 1. The van der Waals surface area contributed by atoms with Crippen LogP contribution in [0.5, 0.6) is 0 Å². The topological polar surface area (TPSA) is 105 Å². The van der Waals surface area contributed by atoms with Crippen LogP contribution in [0.4, 0.5) is 17.6 Å². The van der Waals surface area contributed by atoms with Gasteiger partial charge in [0.1, 0.15) is 11.7 Å². The average Bonchev–Trinajstić information content (AvgIpc) is 3.49. The number of fused-ring (bicyclic) bond motifs is 2. The summed E-state index contributed by atoms with van der Waals surface area (Å²) < 4.78 is 60.6.